The van der Waals surface area contributed by atoms with Crippen LogP contribution in [-0.4, -0.2) is 81.4 Å². The van der Waals surface area contributed by atoms with Gasteiger partial charge in [-0.25, -0.2) is 8.42 Å². The molecule has 2 heterocycles. The highest BCUT2D eigenvalue weighted by Gasteiger charge is 2.57. The molecular weight excluding hydrogens is 298 g/mol. The quantitative estimate of drug-likeness (QED) is 0.675. The van der Waals surface area contributed by atoms with Gasteiger partial charge in [0, 0.05) is 26.2 Å². The summed E-state index contributed by atoms with van der Waals surface area (Å²) in [7, 11) is -5.02. The Hall–Kier alpha value is -0.840. The van der Waals surface area contributed by atoms with Crippen LogP contribution in [0, 0.1) is 0 Å². The molecule has 2 saturated heterocycles. The van der Waals surface area contributed by atoms with Crippen molar-refractivity contribution in [3.05, 3.63) is 0 Å². The summed E-state index contributed by atoms with van der Waals surface area (Å²) in [5, 5.41) is -4.46. The molecule has 0 saturated carbocycles. The second-order valence-electron chi connectivity index (χ2n) is 4.44. The van der Waals surface area contributed by atoms with Gasteiger partial charge in [-0.05, 0) is 0 Å². The van der Waals surface area contributed by atoms with Crippen LogP contribution in [0.25, 0.3) is 0 Å². The van der Waals surface area contributed by atoms with E-state index in [1.807, 2.05) is 0 Å². The van der Waals surface area contributed by atoms with Crippen molar-refractivity contribution in [3.63, 3.8) is 0 Å². The number of carbonyl (C=O) groups is 1. The van der Waals surface area contributed by atoms with Crippen molar-refractivity contribution < 1.29 is 31.5 Å². The first kappa shape index (κ1) is 15.5. The van der Waals surface area contributed by atoms with Gasteiger partial charge >= 0.3 is 11.2 Å². The van der Waals surface area contributed by atoms with E-state index in [1.54, 1.807) is 0 Å². The van der Waals surface area contributed by atoms with Crippen LogP contribution >= 0.6 is 0 Å². The molecule has 0 unspecified atom stereocenters. The molecule has 2 fully saturated rings. The highest BCUT2D eigenvalue weighted by atomic mass is 32.2. The molecule has 2 aliphatic heterocycles. The van der Waals surface area contributed by atoms with Gasteiger partial charge in [-0.15, -0.1) is 0 Å². The fourth-order valence-corrected chi connectivity index (χ4v) is 3.31. The largest absolute Gasteiger partial charge is 0.435 e. The van der Waals surface area contributed by atoms with Gasteiger partial charge < -0.3 is 14.4 Å². The molecule has 0 aromatic carbocycles. The van der Waals surface area contributed by atoms with Crippen LogP contribution in [0.3, 0.4) is 0 Å². The van der Waals surface area contributed by atoms with E-state index >= 15 is 0 Å². The molecule has 1 amide bonds. The van der Waals surface area contributed by atoms with Crippen LogP contribution in [0.15, 0.2) is 0 Å². The van der Waals surface area contributed by atoms with E-state index in [0.717, 1.165) is 4.90 Å². The second-order valence-corrected chi connectivity index (χ2v) is 6.42. The van der Waals surface area contributed by atoms with Crippen molar-refractivity contribution >= 4 is 15.9 Å². The Bertz CT molecular complexity index is 458. The molecule has 0 bridgehead atoms. The van der Waals surface area contributed by atoms with Crippen molar-refractivity contribution in [2.45, 2.75) is 5.25 Å². The Balaban J connectivity index is 2.16. The average molecular weight is 314 g/mol. The standard InChI is InChI=1S/C10H16F2N2O5S/c11-10(12,9(15)13-1-5-18-6-2-13)20(16,17)14-3-7-19-8-4-14/h1-8H2. The Morgan fingerprint density at radius 3 is 1.90 bits per heavy atom. The SMILES string of the molecule is O=C(N1CCOCC1)C(F)(F)S(=O)(=O)N1CCOCC1. The van der Waals surface area contributed by atoms with E-state index in [4.69, 9.17) is 9.47 Å². The number of ether oxygens (including phenoxy) is 2. The third-order valence-electron chi connectivity index (χ3n) is 3.18. The highest BCUT2D eigenvalue weighted by Crippen LogP contribution is 2.28. The van der Waals surface area contributed by atoms with Crippen molar-refractivity contribution in [1.29, 1.82) is 0 Å². The molecule has 0 aliphatic carbocycles. The van der Waals surface area contributed by atoms with Crippen molar-refractivity contribution in [1.82, 2.24) is 9.21 Å². The Morgan fingerprint density at radius 2 is 1.40 bits per heavy atom. The Kier molecular flexibility index (Phi) is 4.57. The summed E-state index contributed by atoms with van der Waals surface area (Å²) in [5.41, 5.74) is 0. The minimum atomic E-state index is -5.02. The van der Waals surface area contributed by atoms with Gasteiger partial charge in [0.05, 0.1) is 26.4 Å². The average Bonchev–Trinajstić information content (AvgIpc) is 2.48. The van der Waals surface area contributed by atoms with Crippen molar-refractivity contribution in [2.24, 2.45) is 0 Å². The molecule has 2 aliphatic rings. The van der Waals surface area contributed by atoms with Gasteiger partial charge in [0.25, 0.3) is 10.0 Å². The molecule has 20 heavy (non-hydrogen) atoms. The smallest absolute Gasteiger partial charge is 0.379 e. The minimum absolute atomic E-state index is 0.0347. The van der Waals surface area contributed by atoms with Gasteiger partial charge in [0.2, 0.25) is 0 Å². The lowest BCUT2D eigenvalue weighted by Gasteiger charge is -2.33. The van der Waals surface area contributed by atoms with Gasteiger partial charge in [-0.2, -0.15) is 13.1 Å². The van der Waals surface area contributed by atoms with Gasteiger partial charge in [-0.3, -0.25) is 4.79 Å². The van der Waals surface area contributed by atoms with E-state index in [1.165, 1.54) is 0 Å². The Labute approximate surface area is 115 Å². The monoisotopic (exact) mass is 314 g/mol. The summed E-state index contributed by atoms with van der Waals surface area (Å²) < 4.78 is 62.5. The molecule has 0 aromatic rings. The number of rotatable bonds is 3. The first-order valence-electron chi connectivity index (χ1n) is 6.20. The molecule has 0 spiro atoms. The predicted molar refractivity (Wildman–Crippen MR) is 63.7 cm³/mol. The van der Waals surface area contributed by atoms with Crippen LogP contribution in [0.2, 0.25) is 0 Å². The number of hydrogen-bond acceptors (Lipinski definition) is 5. The minimum Gasteiger partial charge on any atom is -0.379 e. The third kappa shape index (κ3) is 2.78. The highest BCUT2D eigenvalue weighted by molar-refractivity contribution is 7.91. The molecule has 10 heteroatoms. The maximum absolute atomic E-state index is 14.1. The lowest BCUT2D eigenvalue weighted by Crippen LogP contribution is -2.57. The summed E-state index contributed by atoms with van der Waals surface area (Å²) in [5.74, 6) is -1.69. The summed E-state index contributed by atoms with van der Waals surface area (Å²) >= 11 is 0. The van der Waals surface area contributed by atoms with Crippen molar-refractivity contribution in [3.8, 4) is 0 Å². The molecule has 116 valence electrons. The van der Waals surface area contributed by atoms with E-state index in [9.17, 15) is 22.0 Å². The van der Waals surface area contributed by atoms with Gasteiger partial charge in [0.1, 0.15) is 0 Å². The fraction of sp³-hybridized carbons (Fsp3) is 0.900. The zero-order valence-corrected chi connectivity index (χ0v) is 11.6. The lowest BCUT2D eigenvalue weighted by molar-refractivity contribution is -0.151. The second kappa shape index (κ2) is 5.88. The van der Waals surface area contributed by atoms with Crippen LogP contribution in [0.4, 0.5) is 8.78 Å². The predicted octanol–water partition coefficient (Wildman–Crippen LogP) is -0.900. The van der Waals surface area contributed by atoms with Gasteiger partial charge in [0.15, 0.2) is 0 Å². The maximum Gasteiger partial charge on any atom is 0.435 e. The van der Waals surface area contributed by atoms with Crippen LogP contribution in [-0.2, 0) is 24.3 Å². The molecule has 7 nitrogen and oxygen atoms in total. The van der Waals surface area contributed by atoms with Gasteiger partial charge in [-0.1, -0.05) is 0 Å². The number of morpholine rings is 2. The number of sulfonamides is 1. The number of carbonyl (C=O) groups excluding carboxylic acids is 1. The topological polar surface area (TPSA) is 76.2 Å². The molecule has 0 aromatic heterocycles. The zero-order chi connectivity index (χ0) is 14.8. The van der Waals surface area contributed by atoms with Crippen LogP contribution in [0.1, 0.15) is 0 Å². The van der Waals surface area contributed by atoms with E-state index in [0.29, 0.717) is 4.31 Å². The van der Waals surface area contributed by atoms with Crippen LogP contribution in [0.5, 0.6) is 0 Å². The van der Waals surface area contributed by atoms with E-state index in [2.05, 4.69) is 0 Å². The summed E-state index contributed by atoms with van der Waals surface area (Å²) in [6, 6.07) is 0. The number of hydrogen-bond donors (Lipinski definition) is 0. The van der Waals surface area contributed by atoms with Crippen molar-refractivity contribution in [2.75, 3.05) is 52.6 Å². The maximum atomic E-state index is 14.1. The molecule has 0 atom stereocenters. The zero-order valence-electron chi connectivity index (χ0n) is 10.8. The molecule has 0 N–H and O–H groups in total. The number of amides is 1. The molecule has 2 rings (SSSR count). The lowest BCUT2D eigenvalue weighted by atomic mass is 10.4. The normalized spacial score (nSPS) is 22.8. The molecule has 0 radical (unpaired) electrons. The first-order chi connectivity index (χ1) is 9.37. The number of halogens is 2. The summed E-state index contributed by atoms with van der Waals surface area (Å²) in [6.07, 6.45) is 0. The Morgan fingerprint density at radius 1 is 0.950 bits per heavy atom. The third-order valence-corrected chi connectivity index (χ3v) is 5.05. The summed E-state index contributed by atoms with van der Waals surface area (Å²) in [6.45, 7) is -0.0797. The fourth-order valence-electron chi connectivity index (χ4n) is 2.01. The van der Waals surface area contributed by atoms with Crippen LogP contribution < -0.4 is 0 Å². The first-order valence-corrected chi connectivity index (χ1v) is 7.64. The molecular formula is C10H16F2N2O5S. The van der Waals surface area contributed by atoms with E-state index < -0.39 is 21.2 Å². The van der Waals surface area contributed by atoms with E-state index in [-0.39, 0.29) is 52.6 Å². The number of nitrogens with zero attached hydrogens (tertiary/aromatic N) is 2. The summed E-state index contributed by atoms with van der Waals surface area (Å²) in [4.78, 5) is 12.6. The number of alkyl halides is 2.